The first kappa shape index (κ1) is 16.0. The van der Waals surface area contributed by atoms with Gasteiger partial charge in [-0.05, 0) is 24.5 Å². The lowest BCUT2D eigenvalue weighted by atomic mass is 10.1. The van der Waals surface area contributed by atoms with Gasteiger partial charge in [0.2, 0.25) is 5.69 Å². The summed E-state index contributed by atoms with van der Waals surface area (Å²) < 4.78 is 7.87. The van der Waals surface area contributed by atoms with Gasteiger partial charge in [-0.25, -0.2) is 4.98 Å². The number of nitriles is 1. The van der Waals surface area contributed by atoms with Crippen LogP contribution in [-0.4, -0.2) is 19.5 Å². The Balaban J connectivity index is 1.80. The van der Waals surface area contributed by atoms with Gasteiger partial charge in [0.05, 0.1) is 5.02 Å². The normalized spacial score (nSPS) is 18.9. The molecule has 0 radical (unpaired) electrons. The topological polar surface area (TPSA) is 107 Å². The lowest BCUT2D eigenvalue weighted by Crippen LogP contribution is -2.33. The lowest BCUT2D eigenvalue weighted by Gasteiger charge is -2.10. The maximum Gasteiger partial charge on any atom is 0.279 e. The highest BCUT2D eigenvalue weighted by molar-refractivity contribution is 6.32. The van der Waals surface area contributed by atoms with Crippen LogP contribution in [0.1, 0.15) is 36.3 Å². The standard InChI is InChI=1S/C18H13ClN6O2/c1-8-5-10(8)17-22-18(27-23-17)14-15-9(2)25(26)16-11(6-20)12(19)3-4-13(16)24(15)7-21-14/h3-4,7-8,10H,5H2,1-2H3. The molecule has 2 atom stereocenters. The molecule has 5 rings (SSSR count). The fourth-order valence-electron chi connectivity index (χ4n) is 3.52. The number of hydrogen-bond donors (Lipinski definition) is 0. The highest BCUT2D eigenvalue weighted by Crippen LogP contribution is 2.46. The van der Waals surface area contributed by atoms with E-state index in [1.165, 1.54) is 0 Å². The predicted molar refractivity (Wildman–Crippen MR) is 95.9 cm³/mol. The van der Waals surface area contributed by atoms with Gasteiger partial charge in [-0.2, -0.15) is 15.0 Å². The summed E-state index contributed by atoms with van der Waals surface area (Å²) in [5.74, 6) is 1.83. The van der Waals surface area contributed by atoms with E-state index in [4.69, 9.17) is 16.1 Å². The van der Waals surface area contributed by atoms with Crippen LogP contribution in [0.2, 0.25) is 5.02 Å². The monoisotopic (exact) mass is 380 g/mol. The van der Waals surface area contributed by atoms with Crippen molar-refractivity contribution in [2.45, 2.75) is 26.2 Å². The number of benzene rings is 1. The highest BCUT2D eigenvalue weighted by Gasteiger charge is 2.38. The molecule has 27 heavy (non-hydrogen) atoms. The Morgan fingerprint density at radius 2 is 2.22 bits per heavy atom. The Morgan fingerprint density at radius 3 is 2.93 bits per heavy atom. The van der Waals surface area contributed by atoms with Crippen LogP contribution in [0.25, 0.3) is 28.1 Å². The molecule has 1 aliphatic carbocycles. The molecule has 0 bridgehead atoms. The zero-order chi connectivity index (χ0) is 18.9. The fraction of sp³-hybridized carbons (Fsp3) is 0.278. The first-order valence-electron chi connectivity index (χ1n) is 8.46. The molecule has 0 aliphatic heterocycles. The summed E-state index contributed by atoms with van der Waals surface area (Å²) in [4.78, 5) is 8.88. The molecule has 0 spiro atoms. The van der Waals surface area contributed by atoms with E-state index in [2.05, 4.69) is 22.0 Å². The number of imidazole rings is 1. The molecule has 8 nitrogen and oxygen atoms in total. The molecule has 1 aliphatic rings. The first-order chi connectivity index (χ1) is 13.0. The number of aryl methyl sites for hydroxylation is 1. The smallest absolute Gasteiger partial charge is 0.279 e. The van der Waals surface area contributed by atoms with Gasteiger partial charge in [0, 0.05) is 12.8 Å². The lowest BCUT2D eigenvalue weighted by molar-refractivity contribution is -0.583. The van der Waals surface area contributed by atoms with Crippen molar-refractivity contribution in [3.63, 3.8) is 0 Å². The molecule has 0 amide bonds. The van der Waals surface area contributed by atoms with E-state index in [0.29, 0.717) is 44.8 Å². The summed E-state index contributed by atoms with van der Waals surface area (Å²) in [6, 6.07) is 5.29. The fourth-order valence-corrected chi connectivity index (χ4v) is 3.72. The maximum absolute atomic E-state index is 12.9. The third kappa shape index (κ3) is 2.15. The van der Waals surface area contributed by atoms with Gasteiger partial charge in [-0.3, -0.25) is 4.40 Å². The third-order valence-corrected chi connectivity index (χ3v) is 5.50. The third-order valence-electron chi connectivity index (χ3n) is 5.18. The largest absolute Gasteiger partial charge is 0.618 e. The molecule has 1 saturated carbocycles. The molecule has 1 aromatic carbocycles. The van der Waals surface area contributed by atoms with E-state index >= 15 is 0 Å². The van der Waals surface area contributed by atoms with E-state index < -0.39 is 0 Å². The molecule has 0 N–H and O–H groups in total. The molecule has 0 saturated heterocycles. The van der Waals surface area contributed by atoms with Crippen LogP contribution >= 0.6 is 11.6 Å². The molecular weight excluding hydrogens is 368 g/mol. The minimum Gasteiger partial charge on any atom is -0.618 e. The van der Waals surface area contributed by atoms with Crippen molar-refractivity contribution in [1.82, 2.24) is 19.5 Å². The van der Waals surface area contributed by atoms with Crippen LogP contribution in [0.5, 0.6) is 0 Å². The average Bonchev–Trinajstić information content (AvgIpc) is 3.07. The molecule has 9 heteroatoms. The summed E-state index contributed by atoms with van der Waals surface area (Å²) in [5.41, 5.74) is 2.24. The van der Waals surface area contributed by atoms with Gasteiger partial charge < -0.3 is 9.73 Å². The Hall–Kier alpha value is -3.18. The first-order valence-corrected chi connectivity index (χ1v) is 8.84. The summed E-state index contributed by atoms with van der Waals surface area (Å²) in [7, 11) is 0. The van der Waals surface area contributed by atoms with Crippen molar-refractivity contribution in [2.24, 2.45) is 5.92 Å². The van der Waals surface area contributed by atoms with Gasteiger partial charge >= 0.3 is 0 Å². The summed E-state index contributed by atoms with van der Waals surface area (Å²) in [6.07, 6.45) is 2.63. The predicted octanol–water partition coefficient (Wildman–Crippen LogP) is 3.13. The van der Waals surface area contributed by atoms with Crippen LogP contribution in [0.4, 0.5) is 0 Å². The highest BCUT2D eigenvalue weighted by atomic mass is 35.5. The number of rotatable bonds is 2. The van der Waals surface area contributed by atoms with Crippen LogP contribution in [0, 0.1) is 29.4 Å². The minimum absolute atomic E-state index is 0.132. The number of halogens is 1. The molecule has 134 valence electrons. The number of aromatic nitrogens is 5. The van der Waals surface area contributed by atoms with E-state index in [0.717, 1.165) is 6.42 Å². The Labute approximate surface area is 158 Å². The molecular formula is C18H13ClN6O2. The second-order valence-electron chi connectivity index (χ2n) is 6.87. The average molecular weight is 381 g/mol. The van der Waals surface area contributed by atoms with Gasteiger partial charge in [0.15, 0.2) is 11.5 Å². The van der Waals surface area contributed by atoms with Gasteiger partial charge in [-0.1, -0.05) is 23.7 Å². The second kappa shape index (κ2) is 5.41. The van der Waals surface area contributed by atoms with E-state index in [9.17, 15) is 10.5 Å². The van der Waals surface area contributed by atoms with Gasteiger partial charge in [-0.15, -0.1) is 0 Å². The second-order valence-corrected chi connectivity index (χ2v) is 7.28. The Bertz CT molecular complexity index is 1280. The Kier molecular flexibility index (Phi) is 3.21. The van der Waals surface area contributed by atoms with Crippen molar-refractivity contribution < 1.29 is 9.25 Å². The Morgan fingerprint density at radius 1 is 1.44 bits per heavy atom. The number of nitrogens with zero attached hydrogens (tertiary/aromatic N) is 6. The van der Waals surface area contributed by atoms with E-state index in [-0.39, 0.29) is 22.0 Å². The minimum atomic E-state index is 0.132. The van der Waals surface area contributed by atoms with Gasteiger partial charge in [0.1, 0.15) is 29.0 Å². The van der Waals surface area contributed by atoms with E-state index in [1.54, 1.807) is 29.8 Å². The summed E-state index contributed by atoms with van der Waals surface area (Å²) in [5, 5.41) is 26.6. The molecule has 4 aromatic rings. The molecule has 1 fully saturated rings. The van der Waals surface area contributed by atoms with Crippen molar-refractivity contribution in [3.05, 3.63) is 45.8 Å². The van der Waals surface area contributed by atoms with Crippen molar-refractivity contribution in [3.8, 4) is 17.7 Å². The quantitative estimate of drug-likeness (QED) is 0.390. The van der Waals surface area contributed by atoms with Crippen molar-refractivity contribution >= 4 is 28.2 Å². The van der Waals surface area contributed by atoms with Crippen LogP contribution in [0.15, 0.2) is 23.0 Å². The molecule has 2 unspecified atom stereocenters. The van der Waals surface area contributed by atoms with Crippen molar-refractivity contribution in [2.75, 3.05) is 0 Å². The summed E-state index contributed by atoms with van der Waals surface area (Å²) in [6.45, 7) is 3.80. The zero-order valence-electron chi connectivity index (χ0n) is 14.5. The van der Waals surface area contributed by atoms with Gasteiger partial charge in [0.25, 0.3) is 11.4 Å². The molecule has 3 aromatic heterocycles. The van der Waals surface area contributed by atoms with E-state index in [1.807, 2.05) is 6.07 Å². The molecule has 3 heterocycles. The number of hydrogen-bond acceptors (Lipinski definition) is 6. The van der Waals surface area contributed by atoms with Crippen LogP contribution < -0.4 is 4.73 Å². The SMILES string of the molecule is Cc1c2c(-c3nc(C4CC4C)no3)ncn2c2ccc(Cl)c(C#N)c2[n+]1[O-]. The summed E-state index contributed by atoms with van der Waals surface area (Å²) >= 11 is 6.10. The zero-order valence-corrected chi connectivity index (χ0v) is 15.2. The van der Waals surface area contributed by atoms with Crippen LogP contribution in [0.3, 0.4) is 0 Å². The van der Waals surface area contributed by atoms with Crippen LogP contribution in [-0.2, 0) is 0 Å². The number of fused-ring (bicyclic) bond motifs is 3. The van der Waals surface area contributed by atoms with Crippen molar-refractivity contribution in [1.29, 1.82) is 5.26 Å². The maximum atomic E-state index is 12.9.